The van der Waals surface area contributed by atoms with E-state index in [1.807, 2.05) is 0 Å². The molecule has 0 bridgehead atoms. The molecular weight excluding hydrogens is 436 g/mol. The Morgan fingerprint density at radius 2 is 1.87 bits per heavy atom. The highest BCUT2D eigenvalue weighted by Gasteiger charge is 2.36. The number of carbonyl (C=O) groups is 2. The standard InChI is InChI=1S/C19H15F2N3O4S2/c1-30(27,28)12-3-5-15-16(7-12)29-19(22-15)23-17(25)11-8-24(9-11)18(26)10-2-4-13(20)14(21)6-10/h2-7,11H,8-9H2,1H3,(H,22,23,25). The number of anilines is 1. The number of thiazole rings is 1. The Kier molecular flexibility index (Phi) is 5.02. The van der Waals surface area contributed by atoms with Crippen molar-refractivity contribution in [2.45, 2.75) is 4.90 Å². The van der Waals surface area contributed by atoms with E-state index in [-0.39, 0.29) is 29.5 Å². The molecule has 1 fully saturated rings. The molecule has 1 aliphatic rings. The number of fused-ring (bicyclic) bond motifs is 1. The third-order valence-electron chi connectivity index (χ3n) is 4.72. The second-order valence-corrected chi connectivity index (χ2v) is 9.99. The molecular formula is C19H15F2N3O4S2. The summed E-state index contributed by atoms with van der Waals surface area (Å²) in [5, 5.41) is 3.00. The van der Waals surface area contributed by atoms with Gasteiger partial charge in [0.15, 0.2) is 26.6 Å². The second-order valence-electron chi connectivity index (χ2n) is 6.95. The quantitative estimate of drug-likeness (QED) is 0.658. The zero-order chi connectivity index (χ0) is 21.6. The minimum atomic E-state index is -3.35. The Morgan fingerprint density at radius 3 is 2.53 bits per heavy atom. The van der Waals surface area contributed by atoms with E-state index in [4.69, 9.17) is 0 Å². The van der Waals surface area contributed by atoms with Crippen LogP contribution in [-0.4, -0.2) is 49.5 Å². The highest BCUT2D eigenvalue weighted by atomic mass is 32.2. The van der Waals surface area contributed by atoms with Gasteiger partial charge in [0, 0.05) is 24.9 Å². The normalized spacial score (nSPS) is 14.6. The molecule has 0 aliphatic carbocycles. The first-order valence-corrected chi connectivity index (χ1v) is 11.5. The van der Waals surface area contributed by atoms with Gasteiger partial charge in [-0.15, -0.1) is 0 Å². The molecule has 3 aromatic rings. The highest BCUT2D eigenvalue weighted by Crippen LogP contribution is 2.29. The van der Waals surface area contributed by atoms with Gasteiger partial charge in [0.05, 0.1) is 21.0 Å². The monoisotopic (exact) mass is 451 g/mol. The summed E-state index contributed by atoms with van der Waals surface area (Å²) in [6.07, 6.45) is 1.11. The fourth-order valence-corrected chi connectivity index (χ4v) is 4.65. The van der Waals surface area contributed by atoms with Gasteiger partial charge in [-0.25, -0.2) is 22.2 Å². The molecule has 30 heavy (non-hydrogen) atoms. The lowest BCUT2D eigenvalue weighted by molar-refractivity contribution is -0.123. The van der Waals surface area contributed by atoms with E-state index in [0.717, 1.165) is 29.7 Å². The van der Waals surface area contributed by atoms with E-state index in [1.165, 1.54) is 23.1 Å². The number of benzene rings is 2. The zero-order valence-electron chi connectivity index (χ0n) is 15.6. The summed E-state index contributed by atoms with van der Waals surface area (Å²) in [7, 11) is -3.35. The second kappa shape index (κ2) is 7.40. The molecule has 1 aliphatic heterocycles. The number of sulfone groups is 1. The Hall–Kier alpha value is -2.92. The summed E-state index contributed by atoms with van der Waals surface area (Å²) in [6, 6.07) is 7.44. The molecule has 1 saturated heterocycles. The first kappa shape index (κ1) is 20.4. The number of carbonyl (C=O) groups excluding carboxylic acids is 2. The van der Waals surface area contributed by atoms with Gasteiger partial charge in [0.25, 0.3) is 5.91 Å². The average molecular weight is 451 g/mol. The fraction of sp³-hybridized carbons (Fsp3) is 0.211. The van der Waals surface area contributed by atoms with Crippen LogP contribution in [0.1, 0.15) is 10.4 Å². The molecule has 156 valence electrons. The van der Waals surface area contributed by atoms with Crippen molar-refractivity contribution in [3.8, 4) is 0 Å². The molecule has 7 nitrogen and oxygen atoms in total. The number of nitrogens with one attached hydrogen (secondary N) is 1. The summed E-state index contributed by atoms with van der Waals surface area (Å²) in [5.74, 6) is -3.41. The van der Waals surface area contributed by atoms with Crippen LogP contribution < -0.4 is 5.32 Å². The molecule has 2 amide bonds. The maximum absolute atomic E-state index is 13.3. The van der Waals surface area contributed by atoms with E-state index in [9.17, 15) is 26.8 Å². The predicted molar refractivity (Wildman–Crippen MR) is 107 cm³/mol. The predicted octanol–water partition coefficient (Wildman–Crippen LogP) is 2.69. The summed E-state index contributed by atoms with van der Waals surface area (Å²) in [4.78, 5) is 30.5. The number of hydrogen-bond acceptors (Lipinski definition) is 6. The van der Waals surface area contributed by atoms with Crippen molar-refractivity contribution in [2.75, 3.05) is 24.7 Å². The van der Waals surface area contributed by atoms with Gasteiger partial charge in [-0.2, -0.15) is 0 Å². The topological polar surface area (TPSA) is 96.4 Å². The van der Waals surface area contributed by atoms with Gasteiger partial charge >= 0.3 is 0 Å². The molecule has 0 saturated carbocycles. The Labute approximate surface area is 174 Å². The lowest BCUT2D eigenvalue weighted by Gasteiger charge is -2.38. The molecule has 0 unspecified atom stereocenters. The maximum Gasteiger partial charge on any atom is 0.254 e. The van der Waals surface area contributed by atoms with Gasteiger partial charge < -0.3 is 10.2 Å². The van der Waals surface area contributed by atoms with Gasteiger partial charge in [0.2, 0.25) is 5.91 Å². The highest BCUT2D eigenvalue weighted by molar-refractivity contribution is 7.90. The molecule has 4 rings (SSSR count). The van der Waals surface area contributed by atoms with Crippen LogP contribution in [0.15, 0.2) is 41.3 Å². The van der Waals surface area contributed by atoms with E-state index in [1.54, 1.807) is 6.07 Å². The molecule has 1 aromatic heterocycles. The smallest absolute Gasteiger partial charge is 0.254 e. The Morgan fingerprint density at radius 1 is 1.13 bits per heavy atom. The van der Waals surface area contributed by atoms with Crippen LogP contribution in [0.25, 0.3) is 10.2 Å². The number of halogens is 2. The summed E-state index contributed by atoms with van der Waals surface area (Å²) < 4.78 is 50.3. The van der Waals surface area contributed by atoms with Gasteiger partial charge in [-0.3, -0.25) is 9.59 Å². The van der Waals surface area contributed by atoms with Gasteiger partial charge in [0.1, 0.15) is 0 Å². The fourth-order valence-electron chi connectivity index (χ4n) is 3.02. The molecule has 2 heterocycles. The zero-order valence-corrected chi connectivity index (χ0v) is 17.2. The molecule has 1 N–H and O–H groups in total. The third-order valence-corrected chi connectivity index (χ3v) is 6.77. The molecule has 0 atom stereocenters. The van der Waals surface area contributed by atoms with Crippen molar-refractivity contribution in [2.24, 2.45) is 5.92 Å². The number of hydrogen-bond donors (Lipinski definition) is 1. The third kappa shape index (κ3) is 3.90. The lowest BCUT2D eigenvalue weighted by Crippen LogP contribution is -2.54. The number of likely N-dealkylation sites (tertiary alicyclic amines) is 1. The van der Waals surface area contributed by atoms with Crippen molar-refractivity contribution in [3.63, 3.8) is 0 Å². The minimum Gasteiger partial charge on any atom is -0.337 e. The van der Waals surface area contributed by atoms with Crippen molar-refractivity contribution in [3.05, 3.63) is 53.6 Å². The van der Waals surface area contributed by atoms with Crippen LogP contribution in [0.5, 0.6) is 0 Å². The molecule has 11 heteroatoms. The van der Waals surface area contributed by atoms with E-state index in [0.29, 0.717) is 15.3 Å². The molecule has 0 radical (unpaired) electrons. The number of nitrogens with zero attached hydrogens (tertiary/aromatic N) is 2. The first-order chi connectivity index (χ1) is 14.1. The number of rotatable bonds is 4. The van der Waals surface area contributed by atoms with Crippen molar-refractivity contribution in [1.82, 2.24) is 9.88 Å². The Bertz CT molecular complexity index is 1280. The van der Waals surface area contributed by atoms with Crippen molar-refractivity contribution in [1.29, 1.82) is 0 Å². The first-order valence-electron chi connectivity index (χ1n) is 8.77. The largest absolute Gasteiger partial charge is 0.337 e. The van der Waals surface area contributed by atoms with Crippen LogP contribution in [0, 0.1) is 17.6 Å². The maximum atomic E-state index is 13.3. The van der Waals surface area contributed by atoms with Crippen LogP contribution in [0.4, 0.5) is 13.9 Å². The van der Waals surface area contributed by atoms with Crippen molar-refractivity contribution >= 4 is 48.3 Å². The van der Waals surface area contributed by atoms with Crippen LogP contribution >= 0.6 is 11.3 Å². The van der Waals surface area contributed by atoms with E-state index < -0.39 is 33.3 Å². The average Bonchev–Trinajstić information content (AvgIpc) is 3.03. The van der Waals surface area contributed by atoms with Gasteiger partial charge in [-0.05, 0) is 36.4 Å². The van der Waals surface area contributed by atoms with E-state index in [2.05, 4.69) is 10.3 Å². The van der Waals surface area contributed by atoms with E-state index >= 15 is 0 Å². The van der Waals surface area contributed by atoms with Crippen LogP contribution in [0.2, 0.25) is 0 Å². The van der Waals surface area contributed by atoms with Crippen LogP contribution in [0.3, 0.4) is 0 Å². The summed E-state index contributed by atoms with van der Waals surface area (Å²) >= 11 is 1.15. The summed E-state index contributed by atoms with van der Waals surface area (Å²) in [5.41, 5.74) is 0.576. The van der Waals surface area contributed by atoms with Crippen LogP contribution in [-0.2, 0) is 14.6 Å². The minimum absolute atomic E-state index is 0.0145. The molecule has 0 spiro atoms. The lowest BCUT2D eigenvalue weighted by atomic mass is 9.98. The van der Waals surface area contributed by atoms with Crippen molar-refractivity contribution < 1.29 is 26.8 Å². The number of aromatic nitrogens is 1. The SMILES string of the molecule is CS(=O)(=O)c1ccc2nc(NC(=O)C3CN(C(=O)c4ccc(F)c(F)c4)C3)sc2c1. The number of amides is 2. The molecule has 2 aromatic carbocycles. The Balaban J connectivity index is 1.39. The summed E-state index contributed by atoms with van der Waals surface area (Å²) in [6.45, 7) is 0.291. The van der Waals surface area contributed by atoms with Gasteiger partial charge in [-0.1, -0.05) is 11.3 Å².